The van der Waals surface area contributed by atoms with Gasteiger partial charge in [0.05, 0.1) is 5.38 Å². The predicted octanol–water partition coefficient (Wildman–Crippen LogP) is 3.96. The number of fused-ring (bicyclic) bond motifs is 4. The number of rotatable bonds is 0. The maximum atomic E-state index is 9.93. The van der Waals surface area contributed by atoms with Gasteiger partial charge in [0.15, 0.2) is 0 Å². The van der Waals surface area contributed by atoms with Gasteiger partial charge in [0, 0.05) is 5.56 Å². The van der Waals surface area contributed by atoms with E-state index < -0.39 is 0 Å². The molecule has 2 aliphatic carbocycles. The van der Waals surface area contributed by atoms with Crippen LogP contribution in [-0.2, 0) is 0 Å². The van der Waals surface area contributed by atoms with Crippen molar-refractivity contribution in [3.63, 3.8) is 0 Å². The second kappa shape index (κ2) is 3.41. The Hall–Kier alpha value is -0.690. The minimum Gasteiger partial charge on any atom is -0.508 e. The first-order valence-electron chi connectivity index (χ1n) is 5.73. The molecule has 1 aromatic carbocycles. The van der Waals surface area contributed by atoms with E-state index in [1.54, 1.807) is 6.07 Å². The first-order valence-corrected chi connectivity index (χ1v) is 6.17. The van der Waals surface area contributed by atoms with Gasteiger partial charge in [-0.05, 0) is 42.7 Å². The summed E-state index contributed by atoms with van der Waals surface area (Å²) in [7, 11) is 0. The molecule has 1 N–H and O–H groups in total. The largest absolute Gasteiger partial charge is 0.508 e. The van der Waals surface area contributed by atoms with Gasteiger partial charge in [0.2, 0.25) is 0 Å². The molecule has 3 unspecified atom stereocenters. The summed E-state index contributed by atoms with van der Waals surface area (Å²) in [6.07, 6.45) is 4.88. The van der Waals surface area contributed by atoms with Crippen molar-refractivity contribution in [1.82, 2.24) is 0 Å². The Balaban J connectivity index is 2.16. The molecule has 1 saturated carbocycles. The maximum Gasteiger partial charge on any atom is 0.119 e. The van der Waals surface area contributed by atoms with Gasteiger partial charge < -0.3 is 5.11 Å². The van der Waals surface area contributed by atoms with Gasteiger partial charge in [-0.15, -0.1) is 11.6 Å². The van der Waals surface area contributed by atoms with Crippen molar-refractivity contribution in [3.05, 3.63) is 29.3 Å². The highest BCUT2D eigenvalue weighted by Gasteiger charge is 2.37. The van der Waals surface area contributed by atoms with Crippen LogP contribution in [0.2, 0.25) is 0 Å². The summed E-state index contributed by atoms with van der Waals surface area (Å²) >= 11 is 6.47. The van der Waals surface area contributed by atoms with E-state index in [-0.39, 0.29) is 5.38 Å². The summed E-state index contributed by atoms with van der Waals surface area (Å²) in [5, 5.41) is 10.0. The van der Waals surface area contributed by atoms with Gasteiger partial charge in [0.25, 0.3) is 0 Å². The molecule has 1 fully saturated rings. The maximum absolute atomic E-state index is 9.93. The Morgan fingerprint density at radius 1 is 1.27 bits per heavy atom. The number of halogens is 1. The third-order valence-electron chi connectivity index (χ3n) is 3.95. The van der Waals surface area contributed by atoms with Crippen LogP contribution < -0.4 is 0 Å². The van der Waals surface area contributed by atoms with Crippen LogP contribution in [0.1, 0.15) is 48.1 Å². The molecule has 0 aliphatic heterocycles. The average molecular weight is 223 g/mol. The molecule has 0 heterocycles. The normalized spacial score (nSPS) is 33.5. The third kappa shape index (κ3) is 1.37. The molecule has 2 bridgehead atoms. The average Bonchev–Trinajstić information content (AvgIpc) is 2.26. The van der Waals surface area contributed by atoms with Gasteiger partial charge in [0.1, 0.15) is 5.75 Å². The summed E-state index contributed by atoms with van der Waals surface area (Å²) in [6.45, 7) is 0. The van der Waals surface area contributed by atoms with Crippen LogP contribution in [0.5, 0.6) is 5.75 Å². The van der Waals surface area contributed by atoms with Crippen LogP contribution in [0.15, 0.2) is 18.2 Å². The van der Waals surface area contributed by atoms with E-state index in [9.17, 15) is 5.11 Å². The monoisotopic (exact) mass is 222 g/mol. The molecule has 0 spiro atoms. The Bertz CT molecular complexity index is 388. The molecule has 1 nitrogen and oxygen atoms in total. The molecule has 0 saturated heterocycles. The lowest BCUT2D eigenvalue weighted by atomic mass is 9.69. The number of phenolic OH excluding ortho intramolecular Hbond substituents is 1. The van der Waals surface area contributed by atoms with E-state index in [1.807, 2.05) is 6.07 Å². The van der Waals surface area contributed by atoms with E-state index in [0.29, 0.717) is 17.6 Å². The van der Waals surface area contributed by atoms with Crippen molar-refractivity contribution in [3.8, 4) is 5.75 Å². The van der Waals surface area contributed by atoms with E-state index in [1.165, 1.54) is 31.2 Å². The van der Waals surface area contributed by atoms with Gasteiger partial charge in [-0.1, -0.05) is 18.6 Å². The number of alkyl halides is 1. The van der Waals surface area contributed by atoms with E-state index in [2.05, 4.69) is 6.07 Å². The van der Waals surface area contributed by atoms with Crippen LogP contribution >= 0.6 is 11.6 Å². The molecule has 80 valence electrons. The van der Waals surface area contributed by atoms with E-state index in [4.69, 9.17) is 11.6 Å². The highest BCUT2D eigenvalue weighted by atomic mass is 35.5. The van der Waals surface area contributed by atoms with E-state index in [0.717, 1.165) is 5.56 Å². The molecular weight excluding hydrogens is 208 g/mol. The van der Waals surface area contributed by atoms with Crippen LogP contribution in [0.25, 0.3) is 0 Å². The van der Waals surface area contributed by atoms with Crippen molar-refractivity contribution < 1.29 is 5.11 Å². The van der Waals surface area contributed by atoms with Gasteiger partial charge in [-0.25, -0.2) is 0 Å². The van der Waals surface area contributed by atoms with E-state index >= 15 is 0 Å². The first kappa shape index (κ1) is 9.53. The number of benzene rings is 1. The highest BCUT2D eigenvalue weighted by Crippen LogP contribution is 2.53. The lowest BCUT2D eigenvalue weighted by Crippen LogP contribution is -2.25. The van der Waals surface area contributed by atoms with Crippen molar-refractivity contribution in [1.29, 1.82) is 0 Å². The van der Waals surface area contributed by atoms with Crippen molar-refractivity contribution in [2.75, 3.05) is 0 Å². The number of aromatic hydroxyl groups is 1. The van der Waals surface area contributed by atoms with Crippen LogP contribution in [-0.4, -0.2) is 5.11 Å². The number of phenols is 1. The predicted molar refractivity (Wildman–Crippen MR) is 61.4 cm³/mol. The minimum absolute atomic E-state index is 0.114. The smallest absolute Gasteiger partial charge is 0.119 e. The van der Waals surface area contributed by atoms with Crippen LogP contribution in [0.3, 0.4) is 0 Å². The zero-order chi connectivity index (χ0) is 10.4. The zero-order valence-corrected chi connectivity index (χ0v) is 9.37. The lowest BCUT2D eigenvalue weighted by molar-refractivity contribution is 0.285. The third-order valence-corrected chi connectivity index (χ3v) is 4.54. The van der Waals surface area contributed by atoms with Crippen LogP contribution in [0.4, 0.5) is 0 Å². The molecule has 0 radical (unpaired) electrons. The van der Waals surface area contributed by atoms with Crippen molar-refractivity contribution in [2.45, 2.75) is 37.0 Å². The fraction of sp³-hybridized carbons (Fsp3) is 0.538. The Labute approximate surface area is 95.1 Å². The highest BCUT2D eigenvalue weighted by molar-refractivity contribution is 6.21. The lowest BCUT2D eigenvalue weighted by Gasteiger charge is -2.39. The number of hydrogen-bond donors (Lipinski definition) is 1. The molecule has 15 heavy (non-hydrogen) atoms. The molecular formula is C13H15ClO. The van der Waals surface area contributed by atoms with Crippen molar-refractivity contribution >= 4 is 11.6 Å². The summed E-state index contributed by atoms with van der Waals surface area (Å²) in [5.41, 5.74) is 2.31. The second-order valence-electron chi connectivity index (χ2n) is 4.81. The standard InChI is InChI=1S/C13H15ClO/c14-13-9-4-1-3-8(7-9)12-10(13)5-2-6-11(12)15/h2,5-6,8-9,13,15H,1,3-4,7H2. The summed E-state index contributed by atoms with van der Waals surface area (Å²) in [5.74, 6) is 1.62. The van der Waals surface area contributed by atoms with Crippen LogP contribution in [0, 0.1) is 5.92 Å². The zero-order valence-electron chi connectivity index (χ0n) is 8.62. The molecule has 1 aromatic rings. The summed E-state index contributed by atoms with van der Waals surface area (Å²) in [6, 6.07) is 5.78. The molecule has 0 amide bonds. The molecule has 3 rings (SSSR count). The van der Waals surface area contributed by atoms with Gasteiger partial charge in [-0.3, -0.25) is 0 Å². The fourth-order valence-electron chi connectivity index (χ4n) is 3.27. The molecule has 2 heteroatoms. The number of hydrogen-bond acceptors (Lipinski definition) is 1. The Kier molecular flexibility index (Phi) is 2.17. The van der Waals surface area contributed by atoms with Gasteiger partial charge >= 0.3 is 0 Å². The molecule has 3 atom stereocenters. The van der Waals surface area contributed by atoms with Gasteiger partial charge in [-0.2, -0.15) is 0 Å². The molecule has 2 aliphatic rings. The second-order valence-corrected chi connectivity index (χ2v) is 5.28. The summed E-state index contributed by atoms with van der Waals surface area (Å²) in [4.78, 5) is 0. The quantitative estimate of drug-likeness (QED) is 0.659. The Morgan fingerprint density at radius 2 is 2.13 bits per heavy atom. The SMILES string of the molecule is Oc1cccc2c1C1CCCC(C1)C2Cl. The summed E-state index contributed by atoms with van der Waals surface area (Å²) < 4.78 is 0. The fourth-order valence-corrected chi connectivity index (χ4v) is 3.68. The molecule has 0 aromatic heterocycles. The minimum atomic E-state index is 0.114. The topological polar surface area (TPSA) is 20.2 Å². The first-order chi connectivity index (χ1) is 7.27. The van der Waals surface area contributed by atoms with Crippen molar-refractivity contribution in [2.24, 2.45) is 5.92 Å². The Morgan fingerprint density at radius 3 is 3.00 bits per heavy atom.